The number of aliphatic hydroxyl groups is 1. The summed E-state index contributed by atoms with van der Waals surface area (Å²) in [6, 6.07) is 8.30. The first-order chi connectivity index (χ1) is 10.7. The van der Waals surface area contributed by atoms with Crippen LogP contribution in [0, 0.1) is 11.8 Å². The first-order valence-electron chi connectivity index (χ1n) is 8.68. The van der Waals surface area contributed by atoms with Gasteiger partial charge in [0.25, 0.3) is 0 Å². The molecule has 22 heavy (non-hydrogen) atoms. The third-order valence-electron chi connectivity index (χ3n) is 4.05. The van der Waals surface area contributed by atoms with Crippen LogP contribution in [0.3, 0.4) is 0 Å². The second-order valence-electron chi connectivity index (χ2n) is 6.56. The standard InChI is InChI=1S/C19H33NO2/c1-16(2)6-4-3-5-13-22-19-11-9-17(10-12-19)7-8-18(14-20)15-21/h9-12,16,18,21H,3-8,13-15,20H2,1-2H3. The quantitative estimate of drug-likeness (QED) is 0.578. The summed E-state index contributed by atoms with van der Waals surface area (Å²) in [6.45, 7) is 6.07. The van der Waals surface area contributed by atoms with Gasteiger partial charge in [-0.15, -0.1) is 0 Å². The van der Waals surface area contributed by atoms with E-state index in [9.17, 15) is 0 Å². The molecule has 0 spiro atoms. The lowest BCUT2D eigenvalue weighted by Gasteiger charge is -2.11. The Morgan fingerprint density at radius 3 is 2.36 bits per heavy atom. The second-order valence-corrected chi connectivity index (χ2v) is 6.56. The van der Waals surface area contributed by atoms with Crippen LogP contribution >= 0.6 is 0 Å². The summed E-state index contributed by atoms with van der Waals surface area (Å²) >= 11 is 0. The molecule has 3 heteroatoms. The van der Waals surface area contributed by atoms with Gasteiger partial charge in [0, 0.05) is 6.61 Å². The fraction of sp³-hybridized carbons (Fsp3) is 0.684. The van der Waals surface area contributed by atoms with Crippen LogP contribution in [-0.2, 0) is 6.42 Å². The van der Waals surface area contributed by atoms with Crippen LogP contribution in [0.2, 0.25) is 0 Å². The number of ether oxygens (including phenoxy) is 1. The van der Waals surface area contributed by atoms with Gasteiger partial charge in [0.2, 0.25) is 0 Å². The van der Waals surface area contributed by atoms with Crippen molar-refractivity contribution in [3.8, 4) is 5.75 Å². The van der Waals surface area contributed by atoms with Crippen molar-refractivity contribution in [2.45, 2.75) is 52.4 Å². The van der Waals surface area contributed by atoms with E-state index in [1.54, 1.807) is 0 Å². The number of benzene rings is 1. The Bertz CT molecular complexity index is 372. The van der Waals surface area contributed by atoms with Crippen LogP contribution < -0.4 is 10.5 Å². The van der Waals surface area contributed by atoms with Gasteiger partial charge in [0.15, 0.2) is 0 Å². The summed E-state index contributed by atoms with van der Waals surface area (Å²) in [5, 5.41) is 9.14. The number of aliphatic hydroxyl groups excluding tert-OH is 1. The average Bonchev–Trinajstić information content (AvgIpc) is 2.52. The van der Waals surface area contributed by atoms with Crippen molar-refractivity contribution in [2.75, 3.05) is 19.8 Å². The first kappa shape index (κ1) is 19.0. The molecule has 1 atom stereocenters. The number of hydrogen-bond acceptors (Lipinski definition) is 3. The topological polar surface area (TPSA) is 55.5 Å². The average molecular weight is 307 g/mol. The molecular weight excluding hydrogens is 274 g/mol. The van der Waals surface area contributed by atoms with E-state index in [1.165, 1.54) is 24.8 Å². The van der Waals surface area contributed by atoms with Gasteiger partial charge in [-0.1, -0.05) is 45.2 Å². The molecule has 0 heterocycles. The molecule has 0 aliphatic heterocycles. The molecule has 3 nitrogen and oxygen atoms in total. The van der Waals surface area contributed by atoms with E-state index < -0.39 is 0 Å². The molecule has 1 aromatic carbocycles. The number of unbranched alkanes of at least 4 members (excludes halogenated alkanes) is 2. The van der Waals surface area contributed by atoms with Gasteiger partial charge in [0.1, 0.15) is 5.75 Å². The zero-order valence-electron chi connectivity index (χ0n) is 14.3. The molecule has 1 unspecified atom stereocenters. The van der Waals surface area contributed by atoms with Crippen molar-refractivity contribution in [3.63, 3.8) is 0 Å². The number of hydrogen-bond donors (Lipinski definition) is 2. The Morgan fingerprint density at radius 2 is 1.77 bits per heavy atom. The monoisotopic (exact) mass is 307 g/mol. The van der Waals surface area contributed by atoms with Gasteiger partial charge in [-0.05, 0) is 55.3 Å². The highest BCUT2D eigenvalue weighted by Crippen LogP contribution is 2.16. The molecular formula is C19H33NO2. The third kappa shape index (κ3) is 8.40. The first-order valence-corrected chi connectivity index (χ1v) is 8.68. The summed E-state index contributed by atoms with van der Waals surface area (Å²) in [6.07, 6.45) is 6.88. The highest BCUT2D eigenvalue weighted by molar-refractivity contribution is 5.27. The van der Waals surface area contributed by atoms with Gasteiger partial charge in [0.05, 0.1) is 6.61 Å². The van der Waals surface area contributed by atoms with E-state index in [1.807, 2.05) is 12.1 Å². The number of aryl methyl sites for hydroxylation is 1. The van der Waals surface area contributed by atoms with E-state index in [-0.39, 0.29) is 12.5 Å². The molecule has 1 aromatic rings. The lowest BCUT2D eigenvalue weighted by atomic mass is 10.0. The molecule has 3 N–H and O–H groups in total. The Kier molecular flexibility index (Phi) is 9.93. The Morgan fingerprint density at radius 1 is 1.05 bits per heavy atom. The molecule has 1 rings (SSSR count). The maximum Gasteiger partial charge on any atom is 0.119 e. The van der Waals surface area contributed by atoms with Gasteiger partial charge < -0.3 is 15.6 Å². The highest BCUT2D eigenvalue weighted by Gasteiger charge is 2.05. The van der Waals surface area contributed by atoms with Gasteiger partial charge in [-0.2, -0.15) is 0 Å². The molecule has 0 aliphatic rings. The van der Waals surface area contributed by atoms with E-state index in [4.69, 9.17) is 15.6 Å². The molecule has 0 saturated carbocycles. The second kappa shape index (κ2) is 11.5. The van der Waals surface area contributed by atoms with Gasteiger partial charge in [-0.25, -0.2) is 0 Å². The smallest absolute Gasteiger partial charge is 0.119 e. The van der Waals surface area contributed by atoms with Crippen LogP contribution in [-0.4, -0.2) is 24.9 Å². The molecule has 0 amide bonds. The zero-order valence-corrected chi connectivity index (χ0v) is 14.3. The fourth-order valence-corrected chi connectivity index (χ4v) is 2.43. The zero-order chi connectivity index (χ0) is 16.2. The normalized spacial score (nSPS) is 12.6. The highest BCUT2D eigenvalue weighted by atomic mass is 16.5. The summed E-state index contributed by atoms with van der Waals surface area (Å²) in [4.78, 5) is 0. The Labute approximate surface area is 135 Å². The van der Waals surface area contributed by atoms with Crippen molar-refractivity contribution >= 4 is 0 Å². The lowest BCUT2D eigenvalue weighted by molar-refractivity contribution is 0.223. The molecule has 0 aromatic heterocycles. The molecule has 0 fully saturated rings. The molecule has 0 radical (unpaired) electrons. The molecule has 0 bridgehead atoms. The van der Waals surface area contributed by atoms with Crippen molar-refractivity contribution in [1.29, 1.82) is 0 Å². The van der Waals surface area contributed by atoms with E-state index >= 15 is 0 Å². The number of nitrogens with two attached hydrogens (primary N) is 1. The van der Waals surface area contributed by atoms with Crippen molar-refractivity contribution in [2.24, 2.45) is 17.6 Å². The fourth-order valence-electron chi connectivity index (χ4n) is 2.43. The number of rotatable bonds is 12. The van der Waals surface area contributed by atoms with Gasteiger partial charge in [-0.3, -0.25) is 0 Å². The van der Waals surface area contributed by atoms with E-state index in [2.05, 4.69) is 26.0 Å². The largest absolute Gasteiger partial charge is 0.494 e. The molecule has 0 aliphatic carbocycles. The van der Waals surface area contributed by atoms with Crippen molar-refractivity contribution in [1.82, 2.24) is 0 Å². The minimum absolute atomic E-state index is 0.175. The van der Waals surface area contributed by atoms with Gasteiger partial charge >= 0.3 is 0 Å². The molecule has 0 saturated heterocycles. The van der Waals surface area contributed by atoms with Crippen molar-refractivity contribution < 1.29 is 9.84 Å². The predicted molar refractivity (Wildman–Crippen MR) is 93.2 cm³/mol. The Balaban J connectivity index is 2.19. The summed E-state index contributed by atoms with van der Waals surface area (Å²) < 4.78 is 5.78. The van der Waals surface area contributed by atoms with Crippen LogP contribution in [0.5, 0.6) is 5.75 Å². The Hall–Kier alpha value is -1.06. The molecule has 126 valence electrons. The van der Waals surface area contributed by atoms with Crippen LogP contribution in [0.15, 0.2) is 24.3 Å². The SMILES string of the molecule is CC(C)CCCCCOc1ccc(CCC(CN)CO)cc1. The minimum Gasteiger partial charge on any atom is -0.494 e. The third-order valence-corrected chi connectivity index (χ3v) is 4.05. The van der Waals surface area contributed by atoms with Crippen LogP contribution in [0.25, 0.3) is 0 Å². The van der Waals surface area contributed by atoms with Crippen LogP contribution in [0.4, 0.5) is 0 Å². The summed E-state index contributed by atoms with van der Waals surface area (Å²) in [5.41, 5.74) is 6.87. The maximum atomic E-state index is 9.14. The minimum atomic E-state index is 0.175. The lowest BCUT2D eigenvalue weighted by Crippen LogP contribution is -2.18. The maximum absolute atomic E-state index is 9.14. The predicted octanol–water partition coefficient (Wildman–Crippen LogP) is 3.78. The van der Waals surface area contributed by atoms with E-state index in [0.29, 0.717) is 6.54 Å². The summed E-state index contributed by atoms with van der Waals surface area (Å²) in [7, 11) is 0. The van der Waals surface area contributed by atoms with E-state index in [0.717, 1.165) is 37.5 Å². The van der Waals surface area contributed by atoms with Crippen molar-refractivity contribution in [3.05, 3.63) is 29.8 Å². The summed E-state index contributed by atoms with van der Waals surface area (Å²) in [5.74, 6) is 1.96. The van der Waals surface area contributed by atoms with Crippen LogP contribution in [0.1, 0.15) is 51.5 Å².